The highest BCUT2D eigenvalue weighted by molar-refractivity contribution is 8.00. The Balaban J connectivity index is 1.19. The monoisotopic (exact) mass is 712 g/mol. The summed E-state index contributed by atoms with van der Waals surface area (Å²) in [5, 5.41) is 4.30. The van der Waals surface area contributed by atoms with Crippen molar-refractivity contribution in [3.63, 3.8) is 0 Å². The quantitative estimate of drug-likeness (QED) is 0.180. The number of hydrogen-bond donors (Lipinski definition) is 1. The van der Waals surface area contributed by atoms with Gasteiger partial charge in [-0.2, -0.15) is 4.98 Å². The zero-order valence-corrected chi connectivity index (χ0v) is 29.7. The number of hydrogen-bond acceptors (Lipinski definition) is 9. The Morgan fingerprint density at radius 2 is 1.76 bits per heavy atom. The second-order valence-corrected chi connectivity index (χ2v) is 15.6. The first-order chi connectivity index (χ1) is 24.2. The van der Waals surface area contributed by atoms with E-state index in [1.54, 1.807) is 47.2 Å². The van der Waals surface area contributed by atoms with E-state index in [2.05, 4.69) is 33.0 Å². The molecule has 50 heavy (non-hydrogen) atoms. The smallest absolute Gasteiger partial charge is 0.260 e. The molecule has 1 N–H and O–H groups in total. The highest BCUT2D eigenvalue weighted by Crippen LogP contribution is 2.32. The van der Waals surface area contributed by atoms with Crippen molar-refractivity contribution in [3.05, 3.63) is 100 Å². The zero-order valence-electron chi connectivity index (χ0n) is 28.1. The van der Waals surface area contributed by atoms with Crippen molar-refractivity contribution in [2.75, 3.05) is 58.3 Å². The molecule has 2 unspecified atom stereocenters. The highest BCUT2D eigenvalue weighted by Gasteiger charge is 2.21. The molecule has 2 fully saturated rings. The molecule has 5 aromatic rings. The number of morpholine rings is 1. The average molecular weight is 713 g/mol. The number of nitrogens with one attached hydrogen (secondary N) is 1. The SMILES string of the molecule is C=S(=O)(c1ccccc1)c1ccc(-c2cc3cnc(Nc4ccc(OC5CCCN(C)C5)cc4)nc3n(CCN3CCOCC3)c2=O)c(Cl)c1. The Hall–Kier alpha value is -4.26. The van der Waals surface area contributed by atoms with Crippen molar-refractivity contribution >= 4 is 49.7 Å². The van der Waals surface area contributed by atoms with Crippen molar-refractivity contribution in [1.82, 2.24) is 24.3 Å². The van der Waals surface area contributed by atoms with Crippen LogP contribution in [0.2, 0.25) is 5.02 Å². The molecule has 2 aliphatic rings. The summed E-state index contributed by atoms with van der Waals surface area (Å²) in [7, 11) is -0.673. The molecule has 0 bridgehead atoms. The summed E-state index contributed by atoms with van der Waals surface area (Å²) in [6, 6.07) is 23.8. The number of fused-ring (bicyclic) bond motifs is 1. The number of halogens is 1. The van der Waals surface area contributed by atoms with Crippen molar-refractivity contribution in [3.8, 4) is 16.9 Å². The molecule has 0 saturated carbocycles. The van der Waals surface area contributed by atoms with E-state index in [1.165, 1.54) is 0 Å². The number of benzene rings is 3. The summed E-state index contributed by atoms with van der Waals surface area (Å²) in [6.45, 7) is 6.01. The lowest BCUT2D eigenvalue weighted by atomic mass is 10.1. The molecular formula is C38H41ClN6O4S. The lowest BCUT2D eigenvalue weighted by Crippen LogP contribution is -2.39. The van der Waals surface area contributed by atoms with Gasteiger partial charge < -0.3 is 19.7 Å². The maximum Gasteiger partial charge on any atom is 0.260 e. The number of ether oxygens (including phenoxy) is 2. The minimum Gasteiger partial charge on any atom is -0.489 e. The van der Waals surface area contributed by atoms with Gasteiger partial charge in [-0.25, -0.2) is 4.98 Å². The molecule has 7 rings (SSSR count). The first kappa shape index (κ1) is 34.2. The molecule has 2 aromatic heterocycles. The molecule has 0 amide bonds. The summed E-state index contributed by atoms with van der Waals surface area (Å²) in [5.41, 5.74) is 2.05. The van der Waals surface area contributed by atoms with Gasteiger partial charge in [-0.15, -0.1) is 0 Å². The Bertz CT molecular complexity index is 2140. The van der Waals surface area contributed by atoms with E-state index in [-0.39, 0.29) is 11.7 Å². The number of likely N-dealkylation sites (N-methyl/N-ethyl adjacent to an activating group) is 1. The molecule has 2 atom stereocenters. The molecule has 10 nitrogen and oxygen atoms in total. The predicted molar refractivity (Wildman–Crippen MR) is 201 cm³/mol. The molecule has 2 aliphatic heterocycles. The minimum atomic E-state index is -2.80. The van der Waals surface area contributed by atoms with E-state index in [0.29, 0.717) is 69.2 Å². The Labute approximate surface area is 297 Å². The fourth-order valence-corrected chi connectivity index (χ4v) is 8.35. The number of aromatic nitrogens is 3. The lowest BCUT2D eigenvalue weighted by Gasteiger charge is -2.30. The summed E-state index contributed by atoms with van der Waals surface area (Å²) in [5.74, 6) is 5.22. The van der Waals surface area contributed by atoms with Crippen LogP contribution >= 0.6 is 11.6 Å². The van der Waals surface area contributed by atoms with Crippen LogP contribution in [0.4, 0.5) is 11.6 Å². The van der Waals surface area contributed by atoms with Crippen LogP contribution in [0.25, 0.3) is 22.2 Å². The third-order valence-electron chi connectivity index (χ3n) is 9.30. The van der Waals surface area contributed by atoms with Gasteiger partial charge in [0.25, 0.3) is 5.56 Å². The summed E-state index contributed by atoms with van der Waals surface area (Å²) < 4.78 is 27.2. The van der Waals surface area contributed by atoms with Gasteiger partial charge in [0.05, 0.1) is 13.2 Å². The van der Waals surface area contributed by atoms with Gasteiger partial charge in [0.1, 0.15) is 17.5 Å². The predicted octanol–water partition coefficient (Wildman–Crippen LogP) is 5.80. The third-order valence-corrected chi connectivity index (χ3v) is 11.7. The normalized spacial score (nSPS) is 18.5. The van der Waals surface area contributed by atoms with Gasteiger partial charge in [0, 0.05) is 85.5 Å². The van der Waals surface area contributed by atoms with E-state index in [1.807, 2.05) is 42.5 Å². The van der Waals surface area contributed by atoms with Gasteiger partial charge in [-0.05, 0) is 86.9 Å². The van der Waals surface area contributed by atoms with E-state index in [9.17, 15) is 9.00 Å². The molecule has 0 spiro atoms. The van der Waals surface area contributed by atoms with Crippen LogP contribution in [0.1, 0.15) is 12.8 Å². The number of rotatable bonds is 10. The van der Waals surface area contributed by atoms with Crippen molar-refractivity contribution < 1.29 is 13.7 Å². The van der Waals surface area contributed by atoms with Crippen LogP contribution in [0, 0.1) is 0 Å². The van der Waals surface area contributed by atoms with E-state index in [0.717, 1.165) is 50.5 Å². The van der Waals surface area contributed by atoms with Crippen molar-refractivity contribution in [1.29, 1.82) is 0 Å². The summed E-state index contributed by atoms with van der Waals surface area (Å²) >= 11 is 6.84. The second kappa shape index (κ2) is 14.9. The number of pyridine rings is 1. The number of nitrogens with zero attached hydrogens (tertiary/aromatic N) is 5. The first-order valence-electron chi connectivity index (χ1n) is 16.9. The van der Waals surface area contributed by atoms with Crippen LogP contribution in [-0.2, 0) is 20.8 Å². The Kier molecular flexibility index (Phi) is 10.2. The summed E-state index contributed by atoms with van der Waals surface area (Å²) in [6.07, 6.45) is 4.08. The van der Waals surface area contributed by atoms with Gasteiger partial charge in [-0.3, -0.25) is 18.5 Å². The van der Waals surface area contributed by atoms with E-state index >= 15 is 0 Å². The molecule has 12 heteroatoms. The number of anilines is 2. The Morgan fingerprint density at radius 1 is 0.980 bits per heavy atom. The van der Waals surface area contributed by atoms with E-state index < -0.39 is 9.52 Å². The number of piperidine rings is 1. The van der Waals surface area contributed by atoms with E-state index in [4.69, 9.17) is 26.1 Å². The van der Waals surface area contributed by atoms with Gasteiger partial charge >= 0.3 is 0 Å². The Morgan fingerprint density at radius 3 is 2.50 bits per heavy atom. The van der Waals surface area contributed by atoms with Crippen LogP contribution in [0.5, 0.6) is 5.75 Å². The van der Waals surface area contributed by atoms with Crippen LogP contribution in [0.3, 0.4) is 0 Å². The van der Waals surface area contributed by atoms with Gasteiger partial charge in [0.15, 0.2) is 0 Å². The largest absolute Gasteiger partial charge is 0.489 e. The number of likely N-dealkylation sites (tertiary alicyclic amines) is 1. The van der Waals surface area contributed by atoms with Crippen LogP contribution < -0.4 is 15.6 Å². The zero-order chi connectivity index (χ0) is 34.7. The lowest BCUT2D eigenvalue weighted by molar-refractivity contribution is 0.0364. The summed E-state index contributed by atoms with van der Waals surface area (Å²) in [4.78, 5) is 29.4. The maximum absolute atomic E-state index is 14.3. The van der Waals surface area contributed by atoms with Crippen LogP contribution in [0.15, 0.2) is 99.6 Å². The molecule has 3 aromatic carbocycles. The van der Waals surface area contributed by atoms with Gasteiger partial charge in [0.2, 0.25) is 5.95 Å². The molecule has 2 saturated heterocycles. The standard InChI is InChI=1S/C38H41ClN6O4S/c1-43-16-6-7-30(26-43)49-29-12-10-28(11-13-29)41-38-40-25-27-23-34(37(46)45(36(27)42-38)18-17-44-19-21-48-22-20-44)33-15-14-32(24-35(33)39)50(2,47)31-8-4-3-5-9-31/h3-5,8-15,23-25,30H,2,6-7,16-22,26H2,1H3,(H,40,41,42). The highest BCUT2D eigenvalue weighted by atomic mass is 35.5. The fourth-order valence-electron chi connectivity index (χ4n) is 6.54. The third kappa shape index (κ3) is 7.57. The molecule has 260 valence electrons. The van der Waals surface area contributed by atoms with Gasteiger partial charge in [-0.1, -0.05) is 35.9 Å². The second-order valence-electron chi connectivity index (χ2n) is 12.9. The topological polar surface area (TPSA) is 102 Å². The molecule has 4 heterocycles. The van der Waals surface area contributed by atoms with Crippen molar-refractivity contribution in [2.24, 2.45) is 0 Å². The molecule has 0 radical (unpaired) electrons. The fraction of sp³-hybridized carbons (Fsp3) is 0.316. The molecule has 0 aliphatic carbocycles. The molecular weight excluding hydrogens is 672 g/mol. The average Bonchev–Trinajstić information content (AvgIpc) is 3.13. The van der Waals surface area contributed by atoms with Crippen molar-refractivity contribution in [2.45, 2.75) is 35.3 Å². The minimum absolute atomic E-state index is 0.183. The van der Waals surface area contributed by atoms with Crippen LogP contribution in [-0.4, -0.2) is 93.5 Å². The first-order valence-corrected chi connectivity index (χ1v) is 19.0. The maximum atomic E-state index is 14.3.